The highest BCUT2D eigenvalue weighted by molar-refractivity contribution is 7.11. The van der Waals surface area contributed by atoms with Crippen LogP contribution in [0.4, 0.5) is 13.2 Å². The second kappa shape index (κ2) is 6.36. The smallest absolute Gasteiger partial charge is 0.365 e. The molecule has 8 heteroatoms. The van der Waals surface area contributed by atoms with E-state index >= 15 is 0 Å². The van der Waals surface area contributed by atoms with Gasteiger partial charge < -0.3 is 4.74 Å². The Morgan fingerprint density at radius 2 is 1.94 bits per heavy atom. The van der Waals surface area contributed by atoms with Crippen LogP contribution in [-0.4, -0.2) is 28.9 Å². The number of aryl methyl sites for hydroxylation is 1. The van der Waals surface area contributed by atoms with Gasteiger partial charge in [-0.25, -0.2) is 0 Å². The molecule has 0 aliphatic rings. The van der Waals surface area contributed by atoms with Crippen LogP contribution in [0.15, 0.2) is 0 Å². The van der Waals surface area contributed by atoms with Crippen LogP contribution in [0.2, 0.25) is 0 Å². The summed E-state index contributed by atoms with van der Waals surface area (Å²) in [7, 11) is 0. The van der Waals surface area contributed by atoms with Crippen molar-refractivity contribution >= 4 is 22.9 Å². The largest absolute Gasteiger partial charge is 0.411 e. The Morgan fingerprint density at radius 1 is 1.25 bits per heavy atom. The normalized spacial score (nSPS) is 12.0. The molecule has 0 amide bonds. The third-order valence-electron chi connectivity index (χ3n) is 1.52. The van der Waals surface area contributed by atoms with Crippen LogP contribution in [0.25, 0.3) is 0 Å². The maximum Gasteiger partial charge on any atom is 0.411 e. The van der Waals surface area contributed by atoms with Gasteiger partial charge in [0.2, 0.25) is 0 Å². The summed E-state index contributed by atoms with van der Waals surface area (Å²) in [5.41, 5.74) is 0. The first-order valence-electron chi connectivity index (χ1n) is 4.53. The van der Waals surface area contributed by atoms with Crippen LogP contribution in [-0.2, 0) is 17.8 Å². The van der Waals surface area contributed by atoms with Gasteiger partial charge in [0.25, 0.3) is 0 Å². The fourth-order valence-electron chi connectivity index (χ4n) is 0.920. The van der Waals surface area contributed by atoms with Gasteiger partial charge in [-0.15, -0.1) is 21.8 Å². The molecule has 1 heterocycles. The summed E-state index contributed by atoms with van der Waals surface area (Å²) in [5, 5.41) is 8.76. The second-order valence-corrected chi connectivity index (χ2v) is 4.51. The molecule has 16 heavy (non-hydrogen) atoms. The zero-order valence-electron chi connectivity index (χ0n) is 8.26. The van der Waals surface area contributed by atoms with Crippen LogP contribution in [0, 0.1) is 0 Å². The van der Waals surface area contributed by atoms with E-state index < -0.39 is 12.8 Å². The van der Waals surface area contributed by atoms with Crippen molar-refractivity contribution in [3.63, 3.8) is 0 Å². The third kappa shape index (κ3) is 5.62. The van der Waals surface area contributed by atoms with E-state index in [-0.39, 0.29) is 6.61 Å². The van der Waals surface area contributed by atoms with Gasteiger partial charge in [-0.3, -0.25) is 0 Å². The molecule has 0 saturated carbocycles. The van der Waals surface area contributed by atoms with Crippen molar-refractivity contribution in [3.05, 3.63) is 10.0 Å². The van der Waals surface area contributed by atoms with Crippen molar-refractivity contribution in [1.29, 1.82) is 0 Å². The summed E-state index contributed by atoms with van der Waals surface area (Å²) in [6.07, 6.45) is -2.83. The number of hydrogen-bond donors (Lipinski definition) is 0. The molecule has 1 aromatic heterocycles. The van der Waals surface area contributed by atoms with Crippen LogP contribution < -0.4 is 0 Å². The lowest BCUT2D eigenvalue weighted by Gasteiger charge is -2.04. The number of rotatable bonds is 6. The minimum Gasteiger partial charge on any atom is -0.365 e. The molecule has 0 atom stereocenters. The van der Waals surface area contributed by atoms with Gasteiger partial charge in [-0.2, -0.15) is 13.2 Å². The summed E-state index contributed by atoms with van der Waals surface area (Å²) in [6.45, 7) is -1.42. The topological polar surface area (TPSA) is 35.0 Å². The zero-order chi connectivity index (χ0) is 12.0. The Bertz CT molecular complexity index is 318. The molecule has 0 unspecified atom stereocenters. The van der Waals surface area contributed by atoms with Crippen molar-refractivity contribution in [1.82, 2.24) is 10.2 Å². The molecule has 0 saturated heterocycles. The van der Waals surface area contributed by atoms with Crippen molar-refractivity contribution in [2.75, 3.05) is 12.5 Å². The van der Waals surface area contributed by atoms with Crippen molar-refractivity contribution in [2.45, 2.75) is 25.6 Å². The van der Waals surface area contributed by atoms with E-state index in [2.05, 4.69) is 14.9 Å². The molecular formula is C8H10ClF3N2OS. The summed E-state index contributed by atoms with van der Waals surface area (Å²) in [5.74, 6) is 0.527. The van der Waals surface area contributed by atoms with Crippen molar-refractivity contribution in [3.8, 4) is 0 Å². The molecule has 3 nitrogen and oxygen atoms in total. The highest BCUT2D eigenvalue weighted by Gasteiger charge is 2.27. The van der Waals surface area contributed by atoms with Crippen molar-refractivity contribution in [2.24, 2.45) is 0 Å². The fraction of sp³-hybridized carbons (Fsp3) is 0.750. The van der Waals surface area contributed by atoms with E-state index in [0.29, 0.717) is 17.3 Å². The van der Waals surface area contributed by atoms with Gasteiger partial charge >= 0.3 is 6.18 Å². The second-order valence-electron chi connectivity index (χ2n) is 2.99. The Labute approximate surface area is 99.6 Å². The molecule has 0 aliphatic carbocycles. The molecule has 0 aliphatic heterocycles. The van der Waals surface area contributed by atoms with E-state index in [1.165, 1.54) is 11.3 Å². The Kier molecular flexibility index (Phi) is 5.43. The molecule has 1 rings (SSSR count). The maximum atomic E-state index is 11.8. The Morgan fingerprint density at radius 3 is 2.56 bits per heavy atom. The maximum absolute atomic E-state index is 11.8. The van der Waals surface area contributed by atoms with E-state index in [0.717, 1.165) is 11.4 Å². The van der Waals surface area contributed by atoms with Gasteiger partial charge in [0.1, 0.15) is 23.2 Å². The minimum absolute atomic E-state index is 0.155. The molecule has 0 N–H and O–H groups in total. The molecule has 0 radical (unpaired) electrons. The predicted octanol–water partition coefficient (Wildman–Crippen LogP) is 2.79. The van der Waals surface area contributed by atoms with E-state index in [1.807, 2.05) is 0 Å². The number of nitrogens with zero attached hydrogens (tertiary/aromatic N) is 2. The zero-order valence-corrected chi connectivity index (χ0v) is 9.83. The SMILES string of the molecule is FC(F)(F)COCc1nnc(CCCCl)s1. The predicted molar refractivity (Wildman–Crippen MR) is 54.7 cm³/mol. The standard InChI is InChI=1S/C8H10ClF3N2OS/c9-3-1-2-6-13-14-7(16-6)4-15-5-8(10,11)12/h1-5H2. The van der Waals surface area contributed by atoms with Crippen molar-refractivity contribution < 1.29 is 17.9 Å². The average molecular weight is 275 g/mol. The summed E-state index contributed by atoms with van der Waals surface area (Å²) in [4.78, 5) is 0. The van der Waals surface area contributed by atoms with Gasteiger partial charge in [-0.1, -0.05) is 11.3 Å². The van der Waals surface area contributed by atoms with Crippen LogP contribution >= 0.6 is 22.9 Å². The van der Waals surface area contributed by atoms with E-state index in [1.54, 1.807) is 0 Å². The lowest BCUT2D eigenvalue weighted by molar-refractivity contribution is -0.176. The highest BCUT2D eigenvalue weighted by atomic mass is 35.5. The number of hydrogen-bond acceptors (Lipinski definition) is 4. The lowest BCUT2D eigenvalue weighted by Crippen LogP contribution is -2.16. The summed E-state index contributed by atoms with van der Waals surface area (Å²) >= 11 is 6.75. The van der Waals surface area contributed by atoms with Crippen LogP contribution in [0.3, 0.4) is 0 Å². The molecule has 0 bridgehead atoms. The first-order valence-corrected chi connectivity index (χ1v) is 5.88. The molecular weight excluding hydrogens is 265 g/mol. The Balaban J connectivity index is 2.29. The lowest BCUT2D eigenvalue weighted by atomic mass is 10.4. The first-order chi connectivity index (χ1) is 7.51. The number of halogens is 4. The number of ether oxygens (including phenoxy) is 1. The molecule has 92 valence electrons. The monoisotopic (exact) mass is 274 g/mol. The highest BCUT2D eigenvalue weighted by Crippen LogP contribution is 2.17. The molecule has 1 aromatic rings. The fourth-order valence-corrected chi connectivity index (χ4v) is 1.88. The molecule has 0 spiro atoms. The average Bonchev–Trinajstić information content (AvgIpc) is 2.61. The van der Waals surface area contributed by atoms with Crippen LogP contribution in [0.5, 0.6) is 0 Å². The quantitative estimate of drug-likeness (QED) is 0.748. The van der Waals surface area contributed by atoms with Gasteiger partial charge in [-0.05, 0) is 6.42 Å². The minimum atomic E-state index is -4.30. The molecule has 0 aromatic carbocycles. The summed E-state index contributed by atoms with van der Waals surface area (Å²) in [6, 6.07) is 0. The van der Waals surface area contributed by atoms with E-state index in [9.17, 15) is 13.2 Å². The van der Waals surface area contributed by atoms with Gasteiger partial charge in [0.15, 0.2) is 0 Å². The van der Waals surface area contributed by atoms with E-state index in [4.69, 9.17) is 11.6 Å². The Hall–Kier alpha value is -0.400. The summed E-state index contributed by atoms with van der Waals surface area (Å²) < 4.78 is 39.7. The molecule has 0 fully saturated rings. The van der Waals surface area contributed by atoms with Crippen LogP contribution in [0.1, 0.15) is 16.4 Å². The third-order valence-corrected chi connectivity index (χ3v) is 2.75. The number of alkyl halides is 4. The number of aromatic nitrogens is 2. The van der Waals surface area contributed by atoms with Gasteiger partial charge in [0, 0.05) is 12.3 Å². The van der Waals surface area contributed by atoms with Gasteiger partial charge in [0.05, 0.1) is 0 Å². The first kappa shape index (κ1) is 13.7.